The van der Waals surface area contributed by atoms with Gasteiger partial charge in [-0.1, -0.05) is 59.6 Å². The predicted molar refractivity (Wildman–Crippen MR) is 152 cm³/mol. The molecular formula is C29H34ClN3O4S. The third kappa shape index (κ3) is 7.14. The van der Waals surface area contributed by atoms with Gasteiger partial charge in [0.2, 0.25) is 11.8 Å². The van der Waals surface area contributed by atoms with Gasteiger partial charge in [-0.15, -0.1) is 0 Å². The Hall–Kier alpha value is -3.36. The minimum atomic E-state index is -4.14. The molecule has 0 saturated heterocycles. The summed E-state index contributed by atoms with van der Waals surface area (Å²) in [6.45, 7) is 8.75. The van der Waals surface area contributed by atoms with Crippen LogP contribution in [0.2, 0.25) is 5.02 Å². The quantitative estimate of drug-likeness (QED) is 0.377. The van der Waals surface area contributed by atoms with E-state index >= 15 is 0 Å². The molecule has 38 heavy (non-hydrogen) atoms. The second-order valence-electron chi connectivity index (χ2n) is 9.59. The lowest BCUT2D eigenvalue weighted by molar-refractivity contribution is -0.139. The number of benzene rings is 3. The Balaban J connectivity index is 2.04. The molecule has 0 spiro atoms. The maximum Gasteiger partial charge on any atom is 0.264 e. The van der Waals surface area contributed by atoms with Gasteiger partial charge in [0.1, 0.15) is 12.6 Å². The van der Waals surface area contributed by atoms with Crippen molar-refractivity contribution in [3.05, 3.63) is 94.5 Å². The van der Waals surface area contributed by atoms with Crippen molar-refractivity contribution in [3.63, 3.8) is 0 Å². The normalized spacial score (nSPS) is 12.2. The number of sulfonamides is 1. The van der Waals surface area contributed by atoms with Crippen LogP contribution in [0.4, 0.5) is 5.69 Å². The lowest BCUT2D eigenvalue weighted by atomic mass is 10.1. The zero-order valence-corrected chi connectivity index (χ0v) is 23.9. The van der Waals surface area contributed by atoms with Crippen LogP contribution in [0.3, 0.4) is 0 Å². The van der Waals surface area contributed by atoms with E-state index in [0.717, 1.165) is 21.0 Å². The first-order valence-corrected chi connectivity index (χ1v) is 14.2. The van der Waals surface area contributed by atoms with Crippen LogP contribution >= 0.6 is 11.6 Å². The molecule has 3 aromatic carbocycles. The fourth-order valence-corrected chi connectivity index (χ4v) is 5.55. The van der Waals surface area contributed by atoms with Crippen LogP contribution in [0.15, 0.2) is 77.7 Å². The second kappa shape index (κ2) is 12.5. The van der Waals surface area contributed by atoms with Crippen molar-refractivity contribution >= 4 is 39.1 Å². The zero-order valence-electron chi connectivity index (χ0n) is 22.3. The highest BCUT2D eigenvalue weighted by Gasteiger charge is 2.33. The van der Waals surface area contributed by atoms with Gasteiger partial charge in [-0.3, -0.25) is 13.9 Å². The first kappa shape index (κ1) is 29.2. The second-order valence-corrected chi connectivity index (χ2v) is 11.9. The number of amides is 2. The molecule has 1 atom stereocenters. The number of rotatable bonds is 10. The largest absolute Gasteiger partial charge is 0.352 e. The van der Waals surface area contributed by atoms with Gasteiger partial charge in [0.25, 0.3) is 10.0 Å². The molecule has 3 aromatic rings. The Labute approximate surface area is 230 Å². The molecule has 0 radical (unpaired) electrons. The molecule has 0 aromatic heterocycles. The third-order valence-corrected chi connectivity index (χ3v) is 8.21. The van der Waals surface area contributed by atoms with Gasteiger partial charge in [-0.25, -0.2) is 8.42 Å². The molecule has 0 bridgehead atoms. The highest BCUT2D eigenvalue weighted by atomic mass is 35.5. The Bertz CT molecular complexity index is 1390. The molecule has 9 heteroatoms. The summed E-state index contributed by atoms with van der Waals surface area (Å²) < 4.78 is 28.7. The Kier molecular flexibility index (Phi) is 9.57. The van der Waals surface area contributed by atoms with Gasteiger partial charge in [0.05, 0.1) is 10.6 Å². The number of halogens is 1. The highest BCUT2D eigenvalue weighted by Crippen LogP contribution is 2.27. The number of carbonyl (C=O) groups is 2. The summed E-state index contributed by atoms with van der Waals surface area (Å²) in [5.41, 5.74) is 2.98. The van der Waals surface area contributed by atoms with Crippen molar-refractivity contribution in [2.75, 3.05) is 10.8 Å². The Morgan fingerprint density at radius 2 is 1.58 bits per heavy atom. The molecule has 0 saturated carbocycles. The molecule has 0 aliphatic carbocycles. The van der Waals surface area contributed by atoms with Crippen molar-refractivity contribution < 1.29 is 18.0 Å². The van der Waals surface area contributed by atoms with Gasteiger partial charge in [0.15, 0.2) is 0 Å². The van der Waals surface area contributed by atoms with Crippen molar-refractivity contribution in [1.29, 1.82) is 0 Å². The number of aryl methyl sites for hydroxylation is 2. The van der Waals surface area contributed by atoms with Crippen LogP contribution in [0.1, 0.15) is 37.5 Å². The van der Waals surface area contributed by atoms with E-state index in [2.05, 4.69) is 5.32 Å². The maximum atomic E-state index is 13.9. The SMILES string of the molecule is Cc1ccc(S(=O)(=O)N(CC(=O)N(Cc2ccccc2C)[C@H](C)C(=O)NC(C)C)c2cccc(Cl)c2)cc1. The number of nitrogens with zero attached hydrogens (tertiary/aromatic N) is 2. The molecule has 0 unspecified atom stereocenters. The minimum absolute atomic E-state index is 0.0481. The summed E-state index contributed by atoms with van der Waals surface area (Å²) in [6.07, 6.45) is 0. The first-order chi connectivity index (χ1) is 17.9. The van der Waals surface area contributed by atoms with Gasteiger partial charge < -0.3 is 10.2 Å². The van der Waals surface area contributed by atoms with Crippen molar-refractivity contribution in [3.8, 4) is 0 Å². The molecule has 1 N–H and O–H groups in total. The van der Waals surface area contributed by atoms with Crippen molar-refractivity contribution in [1.82, 2.24) is 10.2 Å². The van der Waals surface area contributed by atoms with E-state index in [1.54, 1.807) is 37.3 Å². The smallest absolute Gasteiger partial charge is 0.264 e. The summed E-state index contributed by atoms with van der Waals surface area (Å²) in [6, 6.07) is 19.4. The third-order valence-electron chi connectivity index (χ3n) is 6.18. The monoisotopic (exact) mass is 555 g/mol. The first-order valence-electron chi connectivity index (χ1n) is 12.4. The number of hydrogen-bond acceptors (Lipinski definition) is 4. The molecule has 0 fully saturated rings. The van der Waals surface area contributed by atoms with Gasteiger partial charge in [0, 0.05) is 17.6 Å². The van der Waals surface area contributed by atoms with Gasteiger partial charge >= 0.3 is 0 Å². The molecule has 0 aliphatic heterocycles. The molecule has 202 valence electrons. The molecule has 3 rings (SSSR count). The summed E-state index contributed by atoms with van der Waals surface area (Å²) in [4.78, 5) is 28.3. The Morgan fingerprint density at radius 1 is 0.921 bits per heavy atom. The standard InChI is InChI=1S/C29H34ClN3O4S/c1-20(2)31-29(35)23(5)32(18-24-10-7-6-9-22(24)4)28(34)19-33(26-12-8-11-25(30)17-26)38(36,37)27-15-13-21(3)14-16-27/h6-17,20,23H,18-19H2,1-5H3,(H,31,35)/t23-/m1/s1. The van der Waals surface area contributed by atoms with E-state index in [1.165, 1.54) is 23.1 Å². The van der Waals surface area contributed by atoms with E-state index < -0.39 is 28.5 Å². The van der Waals surface area contributed by atoms with Crippen molar-refractivity contribution in [2.45, 2.75) is 58.1 Å². The number of carbonyl (C=O) groups excluding carboxylic acids is 2. The molecule has 2 amide bonds. The topological polar surface area (TPSA) is 86.8 Å². The Morgan fingerprint density at radius 3 is 2.18 bits per heavy atom. The highest BCUT2D eigenvalue weighted by molar-refractivity contribution is 7.92. The lowest BCUT2D eigenvalue weighted by Gasteiger charge is -2.32. The molecular weight excluding hydrogens is 522 g/mol. The minimum Gasteiger partial charge on any atom is -0.352 e. The fraction of sp³-hybridized carbons (Fsp3) is 0.310. The zero-order chi connectivity index (χ0) is 28.0. The lowest BCUT2D eigenvalue weighted by Crippen LogP contribution is -2.52. The number of hydrogen-bond donors (Lipinski definition) is 1. The van der Waals surface area contributed by atoms with E-state index in [0.29, 0.717) is 5.02 Å². The summed E-state index contributed by atoms with van der Waals surface area (Å²) >= 11 is 6.20. The maximum absolute atomic E-state index is 13.9. The molecule has 0 aliphatic rings. The van der Waals surface area contributed by atoms with E-state index in [9.17, 15) is 18.0 Å². The van der Waals surface area contributed by atoms with Gasteiger partial charge in [-0.05, 0) is 76.1 Å². The average molecular weight is 556 g/mol. The van der Waals surface area contributed by atoms with Crippen LogP contribution in [-0.2, 0) is 26.2 Å². The molecule has 0 heterocycles. The number of nitrogens with one attached hydrogen (secondary N) is 1. The van der Waals surface area contributed by atoms with Crippen LogP contribution < -0.4 is 9.62 Å². The van der Waals surface area contributed by atoms with E-state index in [-0.39, 0.29) is 29.1 Å². The summed E-state index contributed by atoms with van der Waals surface area (Å²) in [5.74, 6) is -0.840. The van der Waals surface area contributed by atoms with Crippen LogP contribution in [0.5, 0.6) is 0 Å². The fourth-order valence-electron chi connectivity index (χ4n) is 3.96. The van der Waals surface area contributed by atoms with Gasteiger partial charge in [-0.2, -0.15) is 0 Å². The number of anilines is 1. The van der Waals surface area contributed by atoms with Crippen molar-refractivity contribution in [2.24, 2.45) is 0 Å². The summed E-state index contributed by atoms with van der Waals surface area (Å²) in [5, 5.41) is 3.18. The van der Waals surface area contributed by atoms with Crippen LogP contribution in [-0.4, -0.2) is 43.8 Å². The van der Waals surface area contributed by atoms with Crippen LogP contribution in [0.25, 0.3) is 0 Å². The predicted octanol–water partition coefficient (Wildman–Crippen LogP) is 5.09. The molecule has 7 nitrogen and oxygen atoms in total. The van der Waals surface area contributed by atoms with E-state index in [1.807, 2.05) is 52.0 Å². The average Bonchev–Trinajstić information content (AvgIpc) is 2.86. The van der Waals surface area contributed by atoms with E-state index in [4.69, 9.17) is 11.6 Å². The van der Waals surface area contributed by atoms with Crippen LogP contribution in [0, 0.1) is 13.8 Å². The summed E-state index contributed by atoms with van der Waals surface area (Å²) in [7, 11) is -4.14.